The number of alkyl halides is 3. The van der Waals surface area contributed by atoms with Gasteiger partial charge in [0.05, 0.1) is 5.56 Å². The van der Waals surface area contributed by atoms with Crippen LogP contribution < -0.4 is 10.6 Å². The van der Waals surface area contributed by atoms with Gasteiger partial charge in [0.15, 0.2) is 0 Å². The van der Waals surface area contributed by atoms with E-state index in [1.54, 1.807) is 12.1 Å². The molecule has 2 aliphatic rings. The lowest BCUT2D eigenvalue weighted by Crippen LogP contribution is -2.42. The molecule has 1 aromatic carbocycles. The van der Waals surface area contributed by atoms with Crippen molar-refractivity contribution in [1.82, 2.24) is 10.6 Å². The molecule has 2 fully saturated rings. The van der Waals surface area contributed by atoms with Crippen LogP contribution in [0.1, 0.15) is 43.2 Å². The van der Waals surface area contributed by atoms with Gasteiger partial charge in [-0.05, 0) is 49.8 Å². The topological polar surface area (TPSA) is 24.1 Å². The van der Waals surface area contributed by atoms with E-state index in [0.29, 0.717) is 30.1 Å². The average molecular weight is 312 g/mol. The van der Waals surface area contributed by atoms with E-state index in [0.717, 1.165) is 13.0 Å². The van der Waals surface area contributed by atoms with Gasteiger partial charge in [-0.2, -0.15) is 13.2 Å². The first-order chi connectivity index (χ1) is 10.6. The van der Waals surface area contributed by atoms with Crippen LogP contribution >= 0.6 is 0 Å². The summed E-state index contributed by atoms with van der Waals surface area (Å²) in [6, 6.07) is 6.74. The van der Waals surface area contributed by atoms with Gasteiger partial charge in [-0.25, -0.2) is 0 Å². The molecule has 0 amide bonds. The van der Waals surface area contributed by atoms with E-state index in [1.165, 1.54) is 37.8 Å². The van der Waals surface area contributed by atoms with Crippen LogP contribution in [0.3, 0.4) is 0 Å². The third-order valence-electron chi connectivity index (χ3n) is 5.06. The van der Waals surface area contributed by atoms with Gasteiger partial charge in [-0.1, -0.05) is 24.6 Å². The predicted molar refractivity (Wildman–Crippen MR) is 80.4 cm³/mol. The van der Waals surface area contributed by atoms with Crippen molar-refractivity contribution in [2.24, 2.45) is 5.92 Å². The van der Waals surface area contributed by atoms with Gasteiger partial charge < -0.3 is 10.6 Å². The zero-order chi connectivity index (χ0) is 15.6. The van der Waals surface area contributed by atoms with Crippen molar-refractivity contribution in [2.75, 3.05) is 6.54 Å². The van der Waals surface area contributed by atoms with E-state index < -0.39 is 11.7 Å². The summed E-state index contributed by atoms with van der Waals surface area (Å²) in [6.07, 6.45) is 1.54. The number of hydrogen-bond acceptors (Lipinski definition) is 2. The molecule has 3 rings (SSSR count). The van der Waals surface area contributed by atoms with Crippen LogP contribution in [0.25, 0.3) is 0 Å². The molecule has 1 saturated heterocycles. The van der Waals surface area contributed by atoms with E-state index in [2.05, 4.69) is 10.6 Å². The Morgan fingerprint density at radius 2 is 1.91 bits per heavy atom. The minimum atomic E-state index is -4.28. The van der Waals surface area contributed by atoms with Crippen LogP contribution in [0, 0.1) is 5.92 Å². The Morgan fingerprint density at radius 3 is 2.64 bits per heavy atom. The first kappa shape index (κ1) is 15.8. The van der Waals surface area contributed by atoms with Gasteiger partial charge in [0, 0.05) is 18.6 Å². The summed E-state index contributed by atoms with van der Waals surface area (Å²) in [7, 11) is 0. The van der Waals surface area contributed by atoms with Crippen LogP contribution in [0.5, 0.6) is 0 Å². The Bertz CT molecular complexity index is 495. The predicted octanol–water partition coefficient (Wildman–Crippen LogP) is 3.72. The molecular weight excluding hydrogens is 289 g/mol. The van der Waals surface area contributed by atoms with E-state index in [1.807, 2.05) is 0 Å². The third-order valence-corrected chi connectivity index (χ3v) is 5.06. The molecule has 22 heavy (non-hydrogen) atoms. The molecule has 0 radical (unpaired) electrons. The fourth-order valence-corrected chi connectivity index (χ4v) is 3.99. The fourth-order valence-electron chi connectivity index (χ4n) is 3.99. The molecule has 1 aliphatic heterocycles. The molecule has 1 heterocycles. The van der Waals surface area contributed by atoms with Gasteiger partial charge in [0.1, 0.15) is 0 Å². The summed E-state index contributed by atoms with van der Waals surface area (Å²) >= 11 is 0. The number of hydrogen-bond donors (Lipinski definition) is 2. The van der Waals surface area contributed by atoms with Crippen LogP contribution in [0.15, 0.2) is 24.3 Å². The Labute approximate surface area is 129 Å². The summed E-state index contributed by atoms with van der Waals surface area (Å²) < 4.78 is 39.1. The van der Waals surface area contributed by atoms with Crippen LogP contribution in [0.4, 0.5) is 13.2 Å². The van der Waals surface area contributed by atoms with Gasteiger partial charge in [0.2, 0.25) is 0 Å². The zero-order valence-electron chi connectivity index (χ0n) is 12.6. The quantitative estimate of drug-likeness (QED) is 0.885. The summed E-state index contributed by atoms with van der Waals surface area (Å²) in [6.45, 7) is 1.37. The molecule has 0 bridgehead atoms. The fraction of sp³-hybridized carbons (Fsp3) is 0.647. The number of rotatable bonds is 4. The second-order valence-corrected chi connectivity index (χ2v) is 6.44. The van der Waals surface area contributed by atoms with Crippen molar-refractivity contribution >= 4 is 0 Å². The molecule has 122 valence electrons. The van der Waals surface area contributed by atoms with Gasteiger partial charge in [0.25, 0.3) is 0 Å². The second-order valence-electron chi connectivity index (χ2n) is 6.44. The van der Waals surface area contributed by atoms with E-state index >= 15 is 0 Å². The molecule has 5 heteroatoms. The number of benzene rings is 1. The lowest BCUT2D eigenvalue weighted by atomic mass is 9.93. The van der Waals surface area contributed by atoms with Crippen molar-refractivity contribution in [3.05, 3.63) is 35.4 Å². The van der Waals surface area contributed by atoms with Crippen molar-refractivity contribution in [1.29, 1.82) is 0 Å². The summed E-state index contributed by atoms with van der Waals surface area (Å²) in [5.74, 6) is 0.556. The van der Waals surface area contributed by atoms with Crippen molar-refractivity contribution in [2.45, 2.75) is 56.9 Å². The molecule has 2 nitrogen and oxygen atoms in total. The normalized spacial score (nSPS) is 29.1. The summed E-state index contributed by atoms with van der Waals surface area (Å²) in [4.78, 5) is 0. The third kappa shape index (κ3) is 3.46. The largest absolute Gasteiger partial charge is 0.416 e. The molecule has 0 spiro atoms. The number of nitrogens with one attached hydrogen (secondary N) is 2. The smallest absolute Gasteiger partial charge is 0.314 e. The van der Waals surface area contributed by atoms with Crippen molar-refractivity contribution in [3.63, 3.8) is 0 Å². The Balaban J connectivity index is 1.65. The Kier molecular flexibility index (Phi) is 4.73. The standard InChI is InChI=1S/C17H23F3N2/c18-17(19,20)14-7-2-1-5-12(14)11-22-16-8-3-6-13(16)15-9-4-10-21-15/h1-2,5,7,13,15-16,21-22H,3-4,6,8-11H2. The molecule has 1 aliphatic carbocycles. The summed E-state index contributed by atoms with van der Waals surface area (Å²) in [5, 5.41) is 6.94. The highest BCUT2D eigenvalue weighted by Gasteiger charge is 2.36. The highest BCUT2D eigenvalue weighted by molar-refractivity contribution is 5.29. The molecule has 1 saturated carbocycles. The minimum Gasteiger partial charge on any atom is -0.314 e. The average Bonchev–Trinajstić information content (AvgIpc) is 3.15. The van der Waals surface area contributed by atoms with Gasteiger partial charge in [-0.3, -0.25) is 0 Å². The molecule has 2 N–H and O–H groups in total. The van der Waals surface area contributed by atoms with Crippen LogP contribution in [-0.2, 0) is 12.7 Å². The Morgan fingerprint density at radius 1 is 1.09 bits per heavy atom. The van der Waals surface area contributed by atoms with Gasteiger partial charge in [-0.15, -0.1) is 0 Å². The Hall–Kier alpha value is -1.07. The molecule has 0 aromatic heterocycles. The maximum absolute atomic E-state index is 13.0. The maximum Gasteiger partial charge on any atom is 0.416 e. The lowest BCUT2D eigenvalue weighted by molar-refractivity contribution is -0.138. The maximum atomic E-state index is 13.0. The highest BCUT2D eigenvalue weighted by Crippen LogP contribution is 2.34. The van der Waals surface area contributed by atoms with Crippen LogP contribution in [-0.4, -0.2) is 18.6 Å². The highest BCUT2D eigenvalue weighted by atomic mass is 19.4. The second kappa shape index (κ2) is 6.59. The molecular formula is C17H23F3N2. The van der Waals surface area contributed by atoms with E-state index in [9.17, 15) is 13.2 Å². The van der Waals surface area contributed by atoms with E-state index in [-0.39, 0.29) is 0 Å². The van der Waals surface area contributed by atoms with Crippen LogP contribution in [0.2, 0.25) is 0 Å². The van der Waals surface area contributed by atoms with E-state index in [4.69, 9.17) is 0 Å². The summed E-state index contributed by atoms with van der Waals surface area (Å²) in [5.41, 5.74) is -0.170. The first-order valence-corrected chi connectivity index (χ1v) is 8.17. The van der Waals surface area contributed by atoms with Crippen molar-refractivity contribution < 1.29 is 13.2 Å². The first-order valence-electron chi connectivity index (χ1n) is 8.17. The lowest BCUT2D eigenvalue weighted by Gasteiger charge is -2.27. The SMILES string of the molecule is FC(F)(F)c1ccccc1CNC1CCCC1C1CCCN1. The molecule has 1 aromatic rings. The molecule has 3 atom stereocenters. The minimum absolute atomic E-state index is 0.295. The van der Waals surface area contributed by atoms with Crippen molar-refractivity contribution in [3.8, 4) is 0 Å². The van der Waals surface area contributed by atoms with Gasteiger partial charge >= 0.3 is 6.18 Å². The monoisotopic (exact) mass is 312 g/mol. The molecule has 3 unspecified atom stereocenters. The zero-order valence-corrected chi connectivity index (χ0v) is 12.6. The number of halogens is 3.